The van der Waals surface area contributed by atoms with E-state index in [0.29, 0.717) is 25.9 Å². The number of hydrogen-bond donors (Lipinski definition) is 1. The van der Waals surface area contributed by atoms with Gasteiger partial charge in [-0.15, -0.1) is 11.3 Å². The molecule has 0 aliphatic carbocycles. The van der Waals surface area contributed by atoms with Crippen molar-refractivity contribution >= 4 is 60.0 Å². The number of nitrogens with zero attached hydrogens (tertiary/aromatic N) is 1. The average molecular weight is 569 g/mol. The maximum Gasteiger partial charge on any atom is 0.245 e. The van der Waals surface area contributed by atoms with E-state index >= 15 is 4.39 Å². The van der Waals surface area contributed by atoms with Crippen LogP contribution < -0.4 is 9.62 Å². The summed E-state index contributed by atoms with van der Waals surface area (Å²) in [6.07, 6.45) is 1.24. The molecule has 0 bridgehead atoms. The highest BCUT2D eigenvalue weighted by atomic mass is 35.5. The molecule has 1 aliphatic heterocycles. The van der Waals surface area contributed by atoms with Gasteiger partial charge in [0, 0.05) is 23.2 Å². The van der Waals surface area contributed by atoms with Gasteiger partial charge in [-0.2, -0.15) is 4.72 Å². The summed E-state index contributed by atoms with van der Waals surface area (Å²) in [6.45, 7) is 1.74. The molecule has 12 heteroatoms. The zero-order valence-corrected chi connectivity index (χ0v) is 22.4. The molecule has 0 spiro atoms. The Hall–Kier alpha value is -2.57. The number of hydrogen-bond acceptors (Lipinski definition) is 6. The van der Waals surface area contributed by atoms with Crippen LogP contribution in [0.15, 0.2) is 64.9 Å². The molecule has 1 amide bonds. The first-order valence-electron chi connectivity index (χ1n) is 10.7. The quantitative estimate of drug-likeness (QED) is 0.445. The van der Waals surface area contributed by atoms with Crippen LogP contribution in [0, 0.1) is 5.82 Å². The Morgan fingerprint density at radius 2 is 1.86 bits per heavy atom. The summed E-state index contributed by atoms with van der Waals surface area (Å²) in [5.41, 5.74) is 1.15. The largest absolute Gasteiger partial charge is 0.308 e. The van der Waals surface area contributed by atoms with Crippen molar-refractivity contribution in [1.29, 1.82) is 0 Å². The van der Waals surface area contributed by atoms with Crippen LogP contribution in [-0.4, -0.2) is 41.6 Å². The summed E-state index contributed by atoms with van der Waals surface area (Å²) in [5.74, 6) is -1.30. The van der Waals surface area contributed by atoms with Crippen molar-refractivity contribution in [2.45, 2.75) is 24.3 Å². The third kappa shape index (κ3) is 5.70. The van der Waals surface area contributed by atoms with E-state index in [-0.39, 0.29) is 23.5 Å². The predicted octanol–water partition coefficient (Wildman–Crippen LogP) is 4.70. The van der Waals surface area contributed by atoms with Crippen molar-refractivity contribution in [3.05, 3.63) is 75.0 Å². The summed E-state index contributed by atoms with van der Waals surface area (Å²) in [7, 11) is -7.50. The number of halogens is 2. The zero-order valence-electron chi connectivity index (χ0n) is 19.2. The van der Waals surface area contributed by atoms with Gasteiger partial charge in [0.1, 0.15) is 11.9 Å². The molecule has 4 rings (SSSR count). The van der Waals surface area contributed by atoms with Gasteiger partial charge in [0.25, 0.3) is 0 Å². The van der Waals surface area contributed by atoms with Crippen LogP contribution in [0.4, 0.5) is 10.1 Å². The van der Waals surface area contributed by atoms with E-state index in [9.17, 15) is 21.6 Å². The molecule has 0 radical (unpaired) electrons. The number of carbonyl (C=O) groups excluding carboxylic acids is 1. The molecule has 0 unspecified atom stereocenters. The number of benzene rings is 2. The highest BCUT2D eigenvalue weighted by Gasteiger charge is 2.36. The van der Waals surface area contributed by atoms with Gasteiger partial charge in [0.15, 0.2) is 9.84 Å². The van der Waals surface area contributed by atoms with Crippen molar-refractivity contribution in [2.75, 3.05) is 17.7 Å². The lowest BCUT2D eigenvalue weighted by molar-refractivity contribution is -0.118. The Morgan fingerprint density at radius 1 is 1.14 bits per heavy atom. The van der Waals surface area contributed by atoms with E-state index in [2.05, 4.69) is 4.72 Å². The van der Waals surface area contributed by atoms with Gasteiger partial charge in [-0.3, -0.25) is 4.79 Å². The molecule has 1 saturated heterocycles. The molecule has 2 heterocycles. The van der Waals surface area contributed by atoms with Crippen molar-refractivity contribution < 1.29 is 26.0 Å². The normalized spacial score (nSPS) is 17.1. The fourth-order valence-corrected chi connectivity index (χ4v) is 7.28. The lowest BCUT2D eigenvalue weighted by Gasteiger charge is -2.19. The molecule has 1 N–H and O–H groups in total. The smallest absolute Gasteiger partial charge is 0.245 e. The van der Waals surface area contributed by atoms with Crippen LogP contribution in [0.1, 0.15) is 18.2 Å². The van der Waals surface area contributed by atoms with Gasteiger partial charge in [-0.1, -0.05) is 35.9 Å². The number of nitrogens with one attached hydrogen (secondary N) is 1. The van der Waals surface area contributed by atoms with Crippen LogP contribution in [0.3, 0.4) is 0 Å². The second-order valence-corrected chi connectivity index (χ2v) is 13.6. The minimum atomic E-state index is -3.96. The van der Waals surface area contributed by atoms with Crippen LogP contribution in [0.5, 0.6) is 0 Å². The van der Waals surface area contributed by atoms with Gasteiger partial charge in [-0.25, -0.2) is 21.2 Å². The van der Waals surface area contributed by atoms with E-state index in [1.54, 1.807) is 37.3 Å². The highest BCUT2D eigenvalue weighted by Crippen LogP contribution is 2.33. The highest BCUT2D eigenvalue weighted by molar-refractivity contribution is 7.92. The van der Waals surface area contributed by atoms with Crippen LogP contribution >= 0.6 is 22.9 Å². The van der Waals surface area contributed by atoms with E-state index in [1.165, 1.54) is 40.5 Å². The first-order chi connectivity index (χ1) is 16.9. The molecule has 190 valence electrons. The second-order valence-electron chi connectivity index (χ2n) is 8.33. The summed E-state index contributed by atoms with van der Waals surface area (Å²) >= 11 is 7.15. The van der Waals surface area contributed by atoms with E-state index in [1.807, 2.05) is 0 Å². The first-order valence-corrected chi connectivity index (χ1v) is 15.4. The van der Waals surface area contributed by atoms with Gasteiger partial charge in [0.05, 0.1) is 20.3 Å². The van der Waals surface area contributed by atoms with Crippen LogP contribution in [0.2, 0.25) is 4.34 Å². The number of amides is 1. The molecule has 36 heavy (non-hydrogen) atoms. The monoisotopic (exact) mass is 568 g/mol. The van der Waals surface area contributed by atoms with E-state index in [4.69, 9.17) is 11.6 Å². The Morgan fingerprint density at radius 3 is 2.50 bits per heavy atom. The lowest BCUT2D eigenvalue weighted by Crippen LogP contribution is -2.41. The molecule has 1 fully saturated rings. The summed E-state index contributed by atoms with van der Waals surface area (Å²) in [5, 5.41) is 1.04. The van der Waals surface area contributed by atoms with Crippen molar-refractivity contribution in [1.82, 2.24) is 4.72 Å². The van der Waals surface area contributed by atoms with Gasteiger partial charge >= 0.3 is 0 Å². The van der Waals surface area contributed by atoms with E-state index < -0.39 is 37.6 Å². The molecule has 7 nitrogen and oxygen atoms in total. The Balaban J connectivity index is 1.54. The fourth-order valence-electron chi connectivity index (χ4n) is 4.00. The lowest BCUT2D eigenvalue weighted by atomic mass is 10.0. The third-order valence-electron chi connectivity index (χ3n) is 5.64. The minimum Gasteiger partial charge on any atom is -0.308 e. The summed E-state index contributed by atoms with van der Waals surface area (Å²) in [4.78, 5) is 14.9. The minimum absolute atomic E-state index is 0.0118. The topological polar surface area (TPSA) is 101 Å². The van der Waals surface area contributed by atoms with Crippen molar-refractivity contribution in [2.24, 2.45) is 0 Å². The number of sulfone groups is 1. The summed E-state index contributed by atoms with van der Waals surface area (Å²) in [6, 6.07) is 12.7. The maximum absolute atomic E-state index is 15.1. The van der Waals surface area contributed by atoms with E-state index in [0.717, 1.165) is 11.7 Å². The number of carbonyl (C=O) groups is 1. The number of rotatable bonds is 7. The number of sulfonamides is 1. The second kappa shape index (κ2) is 10.1. The molecular formula is C24H22ClFN2O5S3. The number of anilines is 1. The summed E-state index contributed by atoms with van der Waals surface area (Å²) < 4.78 is 67.5. The molecule has 0 saturated carbocycles. The first kappa shape index (κ1) is 26.5. The third-order valence-corrected chi connectivity index (χ3v) is 9.44. The number of allylic oxidation sites excluding steroid dienone is 1. The molecule has 1 aromatic heterocycles. The zero-order chi connectivity index (χ0) is 26.3. The maximum atomic E-state index is 15.1. The SMILES string of the molecule is C/C(=C/S(=O)(=O)N[C@H]1CCN(c2ccc(-c3ccccc3S(C)(=O)=O)cc2F)C1=O)c1ccc(Cl)s1. The molecule has 2 aromatic carbocycles. The van der Waals surface area contributed by atoms with Gasteiger partial charge in [-0.05, 0) is 54.8 Å². The Bertz CT molecular complexity index is 1580. The van der Waals surface area contributed by atoms with Crippen LogP contribution in [0.25, 0.3) is 16.7 Å². The molecule has 1 aliphatic rings. The Labute approximate surface area is 218 Å². The molecule has 3 aromatic rings. The molecule has 1 atom stereocenters. The van der Waals surface area contributed by atoms with Crippen molar-refractivity contribution in [3.63, 3.8) is 0 Å². The van der Waals surface area contributed by atoms with Crippen molar-refractivity contribution in [3.8, 4) is 11.1 Å². The molecular weight excluding hydrogens is 547 g/mol. The van der Waals surface area contributed by atoms with Crippen LogP contribution in [-0.2, 0) is 24.7 Å². The fraction of sp³-hybridized carbons (Fsp3) is 0.208. The van der Waals surface area contributed by atoms with Gasteiger partial charge < -0.3 is 4.90 Å². The number of thiophene rings is 1. The standard InChI is InChI=1S/C24H22ClFN2O5S3/c1-15(21-9-10-23(25)34-21)14-36(32,33)27-19-11-12-28(24(19)29)20-8-7-16(13-18(20)26)17-5-3-4-6-22(17)35(2,30)31/h3-10,13-14,19,27H,11-12H2,1-2H3/b15-14-/t19-/m0/s1. The average Bonchev–Trinajstić information content (AvgIpc) is 3.38. The Kier molecular flexibility index (Phi) is 7.40. The predicted molar refractivity (Wildman–Crippen MR) is 141 cm³/mol. The van der Waals surface area contributed by atoms with Gasteiger partial charge in [0.2, 0.25) is 15.9 Å².